The average molecular weight is 316 g/mol. The van der Waals surface area contributed by atoms with E-state index in [1.54, 1.807) is 13.8 Å². The van der Waals surface area contributed by atoms with Crippen LogP contribution in [0.2, 0.25) is 0 Å². The highest BCUT2D eigenvalue weighted by molar-refractivity contribution is 5.99. The van der Waals surface area contributed by atoms with Crippen LogP contribution in [0.4, 0.5) is 8.78 Å². The first-order valence-electron chi connectivity index (χ1n) is 6.49. The van der Waals surface area contributed by atoms with Crippen LogP contribution in [0.5, 0.6) is 11.5 Å². The van der Waals surface area contributed by atoms with Crippen molar-refractivity contribution in [3.05, 3.63) is 23.8 Å². The van der Waals surface area contributed by atoms with E-state index in [-0.39, 0.29) is 29.6 Å². The molecule has 0 saturated heterocycles. The molecular formula is C14H18F2N2O4. The Morgan fingerprint density at radius 2 is 1.95 bits per heavy atom. The zero-order valence-corrected chi connectivity index (χ0v) is 12.5. The number of benzene rings is 1. The summed E-state index contributed by atoms with van der Waals surface area (Å²) in [6, 6.07) is 3.82. The molecule has 0 fully saturated rings. The Morgan fingerprint density at radius 1 is 1.32 bits per heavy atom. The monoisotopic (exact) mass is 316 g/mol. The van der Waals surface area contributed by atoms with Gasteiger partial charge in [-0.2, -0.15) is 8.78 Å². The van der Waals surface area contributed by atoms with E-state index >= 15 is 0 Å². The van der Waals surface area contributed by atoms with Gasteiger partial charge < -0.3 is 20.1 Å². The topological polar surface area (TPSA) is 81.9 Å². The number of alkyl halides is 2. The van der Waals surface area contributed by atoms with Crippen molar-refractivity contribution in [2.75, 3.05) is 13.7 Å². The van der Waals surface area contributed by atoms with Gasteiger partial charge in [0.15, 0.2) is 11.5 Å². The van der Waals surface area contributed by atoms with E-state index in [0.29, 0.717) is 0 Å². The molecule has 0 heterocycles. The molecular weight excluding hydrogens is 298 g/mol. The second kappa shape index (κ2) is 7.58. The highest BCUT2D eigenvalue weighted by atomic mass is 19.3. The number of carbonyl (C=O) groups is 2. The van der Waals surface area contributed by atoms with Crippen molar-refractivity contribution in [1.29, 1.82) is 0 Å². The lowest BCUT2D eigenvalue weighted by molar-refractivity contribution is -0.119. The molecule has 0 saturated carbocycles. The molecule has 0 aromatic heterocycles. The van der Waals surface area contributed by atoms with Gasteiger partial charge in [-0.25, -0.2) is 0 Å². The number of ether oxygens (including phenoxy) is 2. The van der Waals surface area contributed by atoms with Gasteiger partial charge in [-0.05, 0) is 26.0 Å². The lowest BCUT2D eigenvalue weighted by Crippen LogP contribution is -2.42. The molecule has 0 aliphatic rings. The maximum atomic E-state index is 12.6. The van der Waals surface area contributed by atoms with E-state index in [4.69, 9.17) is 10.5 Å². The van der Waals surface area contributed by atoms with Crippen molar-refractivity contribution in [2.24, 2.45) is 5.73 Å². The molecule has 8 heteroatoms. The van der Waals surface area contributed by atoms with Gasteiger partial charge in [0.2, 0.25) is 5.91 Å². The predicted molar refractivity (Wildman–Crippen MR) is 75.0 cm³/mol. The van der Waals surface area contributed by atoms with Crippen molar-refractivity contribution in [2.45, 2.75) is 26.5 Å². The Morgan fingerprint density at radius 3 is 2.41 bits per heavy atom. The lowest BCUT2D eigenvalue weighted by Gasteiger charge is -2.26. The molecule has 0 unspecified atom stereocenters. The first-order chi connectivity index (χ1) is 10.3. The van der Waals surface area contributed by atoms with Crippen molar-refractivity contribution in [1.82, 2.24) is 4.90 Å². The largest absolute Gasteiger partial charge is 0.493 e. The van der Waals surface area contributed by atoms with E-state index in [0.717, 1.165) is 4.90 Å². The zero-order chi connectivity index (χ0) is 16.9. The number of halogens is 2. The van der Waals surface area contributed by atoms with Crippen LogP contribution in [0.3, 0.4) is 0 Å². The molecule has 1 rings (SSSR count). The van der Waals surface area contributed by atoms with E-state index in [9.17, 15) is 18.4 Å². The zero-order valence-electron chi connectivity index (χ0n) is 12.5. The maximum Gasteiger partial charge on any atom is 0.387 e. The molecule has 2 amide bonds. The van der Waals surface area contributed by atoms with Crippen LogP contribution in [0.15, 0.2) is 18.2 Å². The summed E-state index contributed by atoms with van der Waals surface area (Å²) in [5.41, 5.74) is 4.98. The molecule has 0 radical (unpaired) electrons. The number of methoxy groups -OCH3 is 1. The standard InChI is InChI=1S/C14H18F2N2O4/c1-8(2)18(7-11(17)19)13(20)9-5-4-6-10(21-3)12(9)22-14(15)16/h4-6,8,14H,7H2,1-3H3,(H2,17,19). The van der Waals surface area contributed by atoms with Crippen LogP contribution >= 0.6 is 0 Å². The fraction of sp³-hybridized carbons (Fsp3) is 0.429. The Hall–Kier alpha value is -2.38. The highest BCUT2D eigenvalue weighted by Crippen LogP contribution is 2.33. The number of hydrogen-bond acceptors (Lipinski definition) is 4. The van der Waals surface area contributed by atoms with Crippen LogP contribution in [0.1, 0.15) is 24.2 Å². The first kappa shape index (κ1) is 17.7. The Kier molecular flexibility index (Phi) is 6.09. The minimum absolute atomic E-state index is 0.00562. The number of amides is 2. The predicted octanol–water partition coefficient (Wildman–Crippen LogP) is 1.63. The molecule has 22 heavy (non-hydrogen) atoms. The summed E-state index contributed by atoms with van der Waals surface area (Å²) in [6.45, 7) is -0.100. The summed E-state index contributed by atoms with van der Waals surface area (Å²) in [6.07, 6.45) is 0. The summed E-state index contributed by atoms with van der Waals surface area (Å²) in [4.78, 5) is 24.8. The quantitative estimate of drug-likeness (QED) is 0.829. The fourth-order valence-corrected chi connectivity index (χ4v) is 1.87. The SMILES string of the molecule is COc1cccc(C(=O)N(CC(N)=O)C(C)C)c1OC(F)F. The number of para-hydroxylation sites is 1. The van der Waals surface area contributed by atoms with E-state index in [1.165, 1.54) is 25.3 Å². The van der Waals surface area contributed by atoms with Gasteiger partial charge in [-0.3, -0.25) is 9.59 Å². The molecule has 0 bridgehead atoms. The summed E-state index contributed by atoms with van der Waals surface area (Å²) in [7, 11) is 1.27. The minimum Gasteiger partial charge on any atom is -0.493 e. The van der Waals surface area contributed by atoms with Gasteiger partial charge in [0.05, 0.1) is 19.2 Å². The van der Waals surface area contributed by atoms with Crippen molar-refractivity contribution in [3.8, 4) is 11.5 Å². The van der Waals surface area contributed by atoms with E-state index < -0.39 is 18.4 Å². The molecule has 0 atom stereocenters. The van der Waals surface area contributed by atoms with Gasteiger partial charge in [-0.15, -0.1) is 0 Å². The summed E-state index contributed by atoms with van der Waals surface area (Å²) < 4.78 is 34.5. The normalized spacial score (nSPS) is 10.7. The van der Waals surface area contributed by atoms with Crippen LogP contribution < -0.4 is 15.2 Å². The summed E-state index contributed by atoms with van der Waals surface area (Å²) in [5, 5.41) is 0. The van der Waals surface area contributed by atoms with Crippen molar-refractivity contribution in [3.63, 3.8) is 0 Å². The molecule has 0 aliphatic heterocycles. The van der Waals surface area contributed by atoms with Crippen molar-refractivity contribution < 1.29 is 27.8 Å². The highest BCUT2D eigenvalue weighted by Gasteiger charge is 2.26. The fourth-order valence-electron chi connectivity index (χ4n) is 1.87. The minimum atomic E-state index is -3.12. The molecule has 1 aromatic carbocycles. The number of hydrogen-bond donors (Lipinski definition) is 1. The number of carbonyl (C=O) groups excluding carboxylic acids is 2. The van der Waals surface area contributed by atoms with Gasteiger partial charge >= 0.3 is 6.61 Å². The third-order valence-corrected chi connectivity index (χ3v) is 2.85. The number of rotatable bonds is 7. The number of primary amides is 1. The number of nitrogens with zero attached hydrogens (tertiary/aromatic N) is 1. The Bertz CT molecular complexity index is 550. The van der Waals surface area contributed by atoms with Gasteiger partial charge in [0.1, 0.15) is 0 Å². The molecule has 0 aliphatic carbocycles. The number of nitrogens with two attached hydrogens (primary N) is 1. The molecule has 1 aromatic rings. The van der Waals surface area contributed by atoms with E-state index in [2.05, 4.69) is 4.74 Å². The third-order valence-electron chi connectivity index (χ3n) is 2.85. The van der Waals surface area contributed by atoms with Crippen LogP contribution in [-0.2, 0) is 4.79 Å². The van der Waals surface area contributed by atoms with E-state index in [1.807, 2.05) is 0 Å². The van der Waals surface area contributed by atoms with Gasteiger partial charge in [-0.1, -0.05) is 6.07 Å². The smallest absolute Gasteiger partial charge is 0.387 e. The summed E-state index contributed by atoms with van der Waals surface area (Å²) in [5.74, 6) is -1.74. The molecule has 6 nitrogen and oxygen atoms in total. The van der Waals surface area contributed by atoms with Crippen molar-refractivity contribution >= 4 is 11.8 Å². The summed E-state index contributed by atoms with van der Waals surface area (Å²) >= 11 is 0. The molecule has 0 spiro atoms. The molecule has 122 valence electrons. The Balaban J connectivity index is 3.28. The van der Waals surface area contributed by atoms with Crippen LogP contribution in [0.25, 0.3) is 0 Å². The van der Waals surface area contributed by atoms with Crippen LogP contribution in [0, 0.1) is 0 Å². The Labute approximate surface area is 126 Å². The van der Waals surface area contributed by atoms with Crippen LogP contribution in [-0.4, -0.2) is 43.0 Å². The maximum absolute atomic E-state index is 12.6. The molecule has 2 N–H and O–H groups in total. The van der Waals surface area contributed by atoms with Gasteiger partial charge in [0.25, 0.3) is 5.91 Å². The second-order valence-corrected chi connectivity index (χ2v) is 4.71. The third kappa shape index (κ3) is 4.31. The second-order valence-electron chi connectivity index (χ2n) is 4.71. The average Bonchev–Trinajstić information content (AvgIpc) is 2.43. The lowest BCUT2D eigenvalue weighted by atomic mass is 10.1. The first-order valence-corrected chi connectivity index (χ1v) is 6.49. The van der Waals surface area contributed by atoms with Gasteiger partial charge in [0, 0.05) is 6.04 Å².